The van der Waals surface area contributed by atoms with Crippen LogP contribution < -0.4 is 10.2 Å². The Labute approximate surface area is 189 Å². The van der Waals surface area contributed by atoms with Crippen molar-refractivity contribution in [1.82, 2.24) is 0 Å². The second-order valence-electron chi connectivity index (χ2n) is 8.55. The minimum absolute atomic E-state index is 0.126. The molecule has 164 valence electrons. The summed E-state index contributed by atoms with van der Waals surface area (Å²) in [6.45, 7) is -0.471. The molecule has 1 N–H and O–H groups in total. The van der Waals surface area contributed by atoms with Crippen LogP contribution in [0.5, 0.6) is 0 Å². The zero-order valence-electron chi connectivity index (χ0n) is 17.1. The number of imide groups is 1. The van der Waals surface area contributed by atoms with E-state index in [-0.39, 0.29) is 29.2 Å². The molecule has 1 saturated heterocycles. The summed E-state index contributed by atoms with van der Waals surface area (Å²) in [5.74, 6) is -1.20. The molecule has 5 rings (SSSR count). The molecule has 8 heteroatoms. The number of nitrogens with one attached hydrogen (secondary N) is 1. The number of hydrogen-bond acceptors (Lipinski definition) is 5. The lowest BCUT2D eigenvalue weighted by Crippen LogP contribution is -2.32. The Morgan fingerprint density at radius 2 is 1.59 bits per heavy atom. The Kier molecular flexibility index (Phi) is 5.21. The average Bonchev–Trinajstić information content (AvgIpc) is 3.47. The van der Waals surface area contributed by atoms with Gasteiger partial charge in [-0.2, -0.15) is 0 Å². The number of rotatable bonds is 5. The molecule has 3 fully saturated rings. The van der Waals surface area contributed by atoms with Crippen LogP contribution in [0, 0.1) is 23.7 Å². The van der Waals surface area contributed by atoms with Gasteiger partial charge in [-0.25, -0.2) is 4.79 Å². The third-order valence-electron chi connectivity index (χ3n) is 6.77. The molecule has 0 aromatic heterocycles. The van der Waals surface area contributed by atoms with Crippen molar-refractivity contribution in [2.45, 2.75) is 19.3 Å². The highest BCUT2D eigenvalue weighted by molar-refractivity contribution is 6.33. The highest BCUT2D eigenvalue weighted by atomic mass is 35.5. The van der Waals surface area contributed by atoms with Gasteiger partial charge in [-0.3, -0.25) is 19.3 Å². The molecule has 7 nitrogen and oxygen atoms in total. The number of carbonyl (C=O) groups excluding carboxylic acids is 4. The van der Waals surface area contributed by atoms with E-state index in [0.717, 1.165) is 19.3 Å². The van der Waals surface area contributed by atoms with Gasteiger partial charge in [-0.1, -0.05) is 23.7 Å². The number of halogens is 1. The summed E-state index contributed by atoms with van der Waals surface area (Å²) in [6, 6.07) is 12.9. The van der Waals surface area contributed by atoms with E-state index in [0.29, 0.717) is 28.2 Å². The second kappa shape index (κ2) is 8.06. The van der Waals surface area contributed by atoms with E-state index >= 15 is 0 Å². The lowest BCUT2D eigenvalue weighted by molar-refractivity contribution is -0.123. The maximum absolute atomic E-state index is 12.9. The summed E-state index contributed by atoms with van der Waals surface area (Å²) in [7, 11) is 0. The SMILES string of the molecule is O=C(COC(=O)c1ccc(N2C(=O)[C@@H]3[C@H]4CC[C@@H](C4)[C@H]3C2=O)cc1)Nc1ccccc1Cl. The normalized spacial score (nSPS) is 25.7. The molecular formula is C24H21ClN2O5. The molecule has 0 unspecified atom stereocenters. The molecule has 0 spiro atoms. The van der Waals surface area contributed by atoms with Gasteiger partial charge in [0.1, 0.15) is 0 Å². The molecule has 2 bridgehead atoms. The molecule has 1 heterocycles. The number of esters is 1. The van der Waals surface area contributed by atoms with E-state index in [2.05, 4.69) is 5.32 Å². The summed E-state index contributed by atoms with van der Waals surface area (Å²) >= 11 is 5.99. The first-order valence-electron chi connectivity index (χ1n) is 10.6. The smallest absolute Gasteiger partial charge is 0.338 e. The predicted octanol–water partition coefficient (Wildman–Crippen LogP) is 3.67. The lowest BCUT2D eigenvalue weighted by atomic mass is 9.81. The zero-order valence-corrected chi connectivity index (χ0v) is 17.9. The van der Waals surface area contributed by atoms with Crippen molar-refractivity contribution >= 4 is 46.7 Å². The van der Waals surface area contributed by atoms with Crippen LogP contribution in [-0.2, 0) is 19.1 Å². The van der Waals surface area contributed by atoms with Crippen LogP contribution in [0.4, 0.5) is 11.4 Å². The van der Waals surface area contributed by atoms with Gasteiger partial charge in [-0.15, -0.1) is 0 Å². The minimum atomic E-state index is -0.681. The third-order valence-corrected chi connectivity index (χ3v) is 7.10. The molecule has 3 amide bonds. The first-order valence-corrected chi connectivity index (χ1v) is 11.0. The molecule has 2 saturated carbocycles. The Morgan fingerprint density at radius 1 is 0.969 bits per heavy atom. The molecule has 32 heavy (non-hydrogen) atoms. The van der Waals surface area contributed by atoms with Crippen molar-refractivity contribution in [3.8, 4) is 0 Å². The predicted molar refractivity (Wildman–Crippen MR) is 117 cm³/mol. The standard InChI is InChI=1S/C24H21ClN2O5/c25-17-3-1-2-4-18(17)26-19(28)12-32-24(31)13-7-9-16(10-8-13)27-22(29)20-14-5-6-15(11-14)21(20)23(27)30/h1-4,7-10,14-15,20-21H,5-6,11-12H2,(H,26,28)/t14-,15-,20+,21+/m0/s1. The van der Waals surface area contributed by atoms with Crippen LogP contribution in [0.15, 0.2) is 48.5 Å². The van der Waals surface area contributed by atoms with E-state index in [1.54, 1.807) is 36.4 Å². The van der Waals surface area contributed by atoms with Gasteiger partial charge < -0.3 is 10.1 Å². The molecule has 2 aromatic rings. The monoisotopic (exact) mass is 452 g/mol. The molecule has 1 aliphatic heterocycles. The van der Waals surface area contributed by atoms with Gasteiger partial charge in [0.15, 0.2) is 6.61 Å². The van der Waals surface area contributed by atoms with E-state index in [4.69, 9.17) is 16.3 Å². The summed E-state index contributed by atoms with van der Waals surface area (Å²) in [5, 5.41) is 2.96. The highest BCUT2D eigenvalue weighted by Crippen LogP contribution is 2.56. The lowest BCUT2D eigenvalue weighted by Gasteiger charge is -2.19. The fraction of sp³-hybridized carbons (Fsp3) is 0.333. The van der Waals surface area contributed by atoms with Gasteiger partial charge in [0, 0.05) is 0 Å². The topological polar surface area (TPSA) is 92.8 Å². The fourth-order valence-electron chi connectivity index (χ4n) is 5.37. The van der Waals surface area contributed by atoms with Gasteiger partial charge in [0.2, 0.25) is 11.8 Å². The first-order chi connectivity index (χ1) is 15.4. The largest absolute Gasteiger partial charge is 0.452 e. The number of hydrogen-bond donors (Lipinski definition) is 1. The van der Waals surface area contributed by atoms with E-state index in [9.17, 15) is 19.2 Å². The van der Waals surface area contributed by atoms with Crippen LogP contribution >= 0.6 is 11.6 Å². The molecule has 4 atom stereocenters. The minimum Gasteiger partial charge on any atom is -0.452 e. The van der Waals surface area contributed by atoms with E-state index < -0.39 is 18.5 Å². The number of benzene rings is 2. The van der Waals surface area contributed by atoms with Crippen molar-refractivity contribution in [2.75, 3.05) is 16.8 Å². The maximum atomic E-state index is 12.9. The molecule has 2 aliphatic carbocycles. The number of nitrogens with zero attached hydrogens (tertiary/aromatic N) is 1. The number of anilines is 2. The summed E-state index contributed by atoms with van der Waals surface area (Å²) in [5.41, 5.74) is 1.11. The van der Waals surface area contributed by atoms with Gasteiger partial charge in [-0.05, 0) is 67.5 Å². The Hall–Kier alpha value is -3.19. The second-order valence-corrected chi connectivity index (χ2v) is 8.95. The first kappa shape index (κ1) is 20.7. The number of para-hydroxylation sites is 1. The molecular weight excluding hydrogens is 432 g/mol. The van der Waals surface area contributed by atoms with Crippen LogP contribution in [0.2, 0.25) is 5.02 Å². The fourth-order valence-corrected chi connectivity index (χ4v) is 5.56. The third kappa shape index (κ3) is 3.46. The van der Waals surface area contributed by atoms with Crippen molar-refractivity contribution < 1.29 is 23.9 Å². The summed E-state index contributed by atoms with van der Waals surface area (Å²) in [6.07, 6.45) is 3.02. The average molecular weight is 453 g/mol. The Balaban J connectivity index is 1.21. The Morgan fingerprint density at radius 3 is 2.22 bits per heavy atom. The van der Waals surface area contributed by atoms with Gasteiger partial charge in [0.25, 0.3) is 5.91 Å². The number of fused-ring (bicyclic) bond motifs is 5. The molecule has 2 aromatic carbocycles. The summed E-state index contributed by atoms with van der Waals surface area (Å²) in [4.78, 5) is 51.4. The van der Waals surface area contributed by atoms with Crippen molar-refractivity contribution in [3.05, 3.63) is 59.1 Å². The van der Waals surface area contributed by atoms with Crippen LogP contribution in [0.1, 0.15) is 29.6 Å². The maximum Gasteiger partial charge on any atom is 0.338 e. The van der Waals surface area contributed by atoms with Crippen LogP contribution in [0.3, 0.4) is 0 Å². The van der Waals surface area contributed by atoms with Crippen molar-refractivity contribution in [2.24, 2.45) is 23.7 Å². The van der Waals surface area contributed by atoms with Gasteiger partial charge in [0.05, 0.1) is 33.8 Å². The zero-order chi connectivity index (χ0) is 22.4. The highest BCUT2D eigenvalue weighted by Gasteiger charge is 2.61. The van der Waals surface area contributed by atoms with E-state index in [1.807, 2.05) is 0 Å². The molecule has 3 aliphatic rings. The number of carbonyl (C=O) groups is 4. The van der Waals surface area contributed by atoms with Crippen LogP contribution in [-0.4, -0.2) is 30.3 Å². The number of ether oxygens (including phenoxy) is 1. The van der Waals surface area contributed by atoms with Crippen molar-refractivity contribution in [1.29, 1.82) is 0 Å². The number of amides is 3. The summed E-state index contributed by atoms with van der Waals surface area (Å²) < 4.78 is 5.07. The quantitative estimate of drug-likeness (QED) is 0.552. The van der Waals surface area contributed by atoms with E-state index in [1.165, 1.54) is 17.0 Å². The van der Waals surface area contributed by atoms with Gasteiger partial charge >= 0.3 is 5.97 Å². The Bertz CT molecular complexity index is 1090. The molecule has 0 radical (unpaired) electrons. The van der Waals surface area contributed by atoms with Crippen LogP contribution in [0.25, 0.3) is 0 Å². The van der Waals surface area contributed by atoms with Crippen molar-refractivity contribution in [3.63, 3.8) is 0 Å².